The lowest BCUT2D eigenvalue weighted by Crippen LogP contribution is -2.31. The Morgan fingerprint density at radius 3 is 2.38 bits per heavy atom. The molecule has 21 heavy (non-hydrogen) atoms. The molecule has 0 saturated heterocycles. The Morgan fingerprint density at radius 2 is 1.76 bits per heavy atom. The van der Waals surface area contributed by atoms with Crippen molar-refractivity contribution in [3.63, 3.8) is 0 Å². The van der Waals surface area contributed by atoms with Crippen molar-refractivity contribution in [2.24, 2.45) is 5.92 Å². The van der Waals surface area contributed by atoms with Crippen molar-refractivity contribution in [3.05, 3.63) is 70.8 Å². The third-order valence-electron chi connectivity index (χ3n) is 4.59. The van der Waals surface area contributed by atoms with Crippen LogP contribution in [-0.2, 0) is 12.8 Å². The summed E-state index contributed by atoms with van der Waals surface area (Å²) in [7, 11) is 2.08. The van der Waals surface area contributed by atoms with Crippen LogP contribution in [0.25, 0.3) is 0 Å². The Hall–Kier alpha value is -1.60. The van der Waals surface area contributed by atoms with E-state index >= 15 is 0 Å². The van der Waals surface area contributed by atoms with Gasteiger partial charge in [0, 0.05) is 12.0 Å². The van der Waals surface area contributed by atoms with E-state index in [1.54, 1.807) is 0 Å². The van der Waals surface area contributed by atoms with E-state index in [1.807, 2.05) is 0 Å². The largest absolute Gasteiger partial charge is 0.312 e. The van der Waals surface area contributed by atoms with Crippen LogP contribution in [0.4, 0.5) is 0 Å². The van der Waals surface area contributed by atoms with Crippen molar-refractivity contribution in [1.82, 2.24) is 5.32 Å². The van der Waals surface area contributed by atoms with Gasteiger partial charge in [0.15, 0.2) is 0 Å². The van der Waals surface area contributed by atoms with Crippen molar-refractivity contribution < 1.29 is 0 Å². The van der Waals surface area contributed by atoms with E-state index in [1.165, 1.54) is 28.7 Å². The van der Waals surface area contributed by atoms with Gasteiger partial charge in [-0.1, -0.05) is 62.4 Å². The molecule has 1 nitrogen and oxygen atoms in total. The Labute approximate surface area is 128 Å². The molecule has 0 aliphatic heterocycles. The first kappa shape index (κ1) is 14.3. The summed E-state index contributed by atoms with van der Waals surface area (Å²) >= 11 is 0. The van der Waals surface area contributed by atoms with Gasteiger partial charge in [0.2, 0.25) is 0 Å². The van der Waals surface area contributed by atoms with Crippen molar-refractivity contribution in [1.29, 1.82) is 0 Å². The molecule has 3 rings (SSSR count). The molecule has 0 bridgehead atoms. The third-order valence-corrected chi connectivity index (χ3v) is 4.59. The molecule has 110 valence electrons. The summed E-state index contributed by atoms with van der Waals surface area (Å²) in [5.41, 5.74) is 5.88. The maximum atomic E-state index is 3.52. The lowest BCUT2D eigenvalue weighted by molar-refractivity contribution is 0.439. The number of hydrogen-bond acceptors (Lipinski definition) is 1. The molecule has 1 N–H and O–H groups in total. The zero-order valence-electron chi connectivity index (χ0n) is 13.3. The molecular weight excluding hydrogens is 254 g/mol. The quantitative estimate of drug-likeness (QED) is 0.850. The van der Waals surface area contributed by atoms with E-state index in [2.05, 4.69) is 74.7 Å². The van der Waals surface area contributed by atoms with E-state index in [4.69, 9.17) is 0 Å². The number of rotatable bonds is 5. The lowest BCUT2D eigenvalue weighted by atomic mass is 9.71. The fraction of sp³-hybridized carbons (Fsp3) is 0.400. The molecule has 0 aromatic heterocycles. The maximum Gasteiger partial charge on any atom is 0.0390 e. The lowest BCUT2D eigenvalue weighted by Gasteiger charge is -2.36. The van der Waals surface area contributed by atoms with Crippen molar-refractivity contribution in [3.8, 4) is 0 Å². The van der Waals surface area contributed by atoms with Crippen molar-refractivity contribution >= 4 is 0 Å². The molecule has 0 amide bonds. The number of likely N-dealkylation sites (N-methyl/N-ethyl adjacent to an activating group) is 1. The third kappa shape index (κ3) is 2.89. The van der Waals surface area contributed by atoms with Crippen LogP contribution in [0.1, 0.15) is 48.1 Å². The van der Waals surface area contributed by atoms with Crippen LogP contribution < -0.4 is 5.32 Å². The molecule has 0 heterocycles. The minimum Gasteiger partial charge on any atom is -0.312 e. The molecule has 1 aliphatic rings. The number of fused-ring (bicyclic) bond motifs is 1. The van der Waals surface area contributed by atoms with Crippen LogP contribution >= 0.6 is 0 Å². The fourth-order valence-electron chi connectivity index (χ4n) is 3.53. The van der Waals surface area contributed by atoms with Crippen LogP contribution in [0.2, 0.25) is 0 Å². The molecular formula is C20H25N. The topological polar surface area (TPSA) is 12.0 Å². The molecule has 1 aliphatic carbocycles. The Balaban J connectivity index is 1.78. The zero-order chi connectivity index (χ0) is 14.8. The number of nitrogens with one attached hydrogen (secondary N) is 1. The first-order chi connectivity index (χ1) is 10.2. The Morgan fingerprint density at radius 1 is 1.05 bits per heavy atom. The van der Waals surface area contributed by atoms with Gasteiger partial charge in [-0.2, -0.15) is 0 Å². The molecule has 0 radical (unpaired) electrons. The fourth-order valence-corrected chi connectivity index (χ4v) is 3.53. The Kier molecular flexibility index (Phi) is 4.12. The van der Waals surface area contributed by atoms with Gasteiger partial charge in [-0.05, 0) is 48.1 Å². The highest BCUT2D eigenvalue weighted by Gasteiger charge is 2.32. The average molecular weight is 279 g/mol. The molecule has 2 aromatic rings. The van der Waals surface area contributed by atoms with Crippen LogP contribution in [0.15, 0.2) is 48.5 Å². The summed E-state index contributed by atoms with van der Waals surface area (Å²) in [4.78, 5) is 0. The van der Waals surface area contributed by atoms with Gasteiger partial charge in [0.25, 0.3) is 0 Å². The predicted octanol–water partition coefficient (Wildman–Crippen LogP) is 4.49. The monoisotopic (exact) mass is 279 g/mol. The van der Waals surface area contributed by atoms with Gasteiger partial charge in [-0.3, -0.25) is 0 Å². The minimum atomic E-state index is 0.424. The summed E-state index contributed by atoms with van der Waals surface area (Å²) in [5.74, 6) is 1.33. The van der Waals surface area contributed by atoms with Crippen LogP contribution in [0.5, 0.6) is 0 Å². The summed E-state index contributed by atoms with van der Waals surface area (Å²) in [6, 6.07) is 18.5. The SMILES string of the molecule is CNC(c1ccc(CC(C)C)cc1)C1Cc2ccccc21. The predicted molar refractivity (Wildman–Crippen MR) is 89.7 cm³/mol. The van der Waals surface area contributed by atoms with E-state index in [9.17, 15) is 0 Å². The second-order valence-electron chi connectivity index (χ2n) is 6.62. The second-order valence-corrected chi connectivity index (χ2v) is 6.62. The van der Waals surface area contributed by atoms with E-state index in [-0.39, 0.29) is 0 Å². The molecule has 0 fully saturated rings. The van der Waals surface area contributed by atoms with Gasteiger partial charge in [0.05, 0.1) is 0 Å². The molecule has 0 saturated carbocycles. The standard InChI is InChI=1S/C20H25N/c1-14(2)12-15-8-10-16(11-9-15)20(21-3)19-13-17-6-4-5-7-18(17)19/h4-11,14,19-21H,12-13H2,1-3H3. The minimum absolute atomic E-state index is 0.424. The average Bonchev–Trinajstić information content (AvgIpc) is 2.45. The highest BCUT2D eigenvalue weighted by molar-refractivity contribution is 5.43. The van der Waals surface area contributed by atoms with Crippen LogP contribution in [0.3, 0.4) is 0 Å². The number of hydrogen-bond donors (Lipinski definition) is 1. The Bertz CT molecular complexity index is 597. The molecule has 0 spiro atoms. The normalized spacial score (nSPS) is 18.2. The highest BCUT2D eigenvalue weighted by Crippen LogP contribution is 2.43. The molecule has 2 unspecified atom stereocenters. The molecule has 1 heteroatoms. The number of benzene rings is 2. The zero-order valence-corrected chi connectivity index (χ0v) is 13.3. The summed E-state index contributed by atoms with van der Waals surface area (Å²) in [6.07, 6.45) is 2.35. The highest BCUT2D eigenvalue weighted by atomic mass is 14.9. The molecule has 2 aromatic carbocycles. The van der Waals surface area contributed by atoms with Gasteiger partial charge >= 0.3 is 0 Å². The maximum absolute atomic E-state index is 3.52. The van der Waals surface area contributed by atoms with E-state index in [0.717, 1.165) is 12.3 Å². The van der Waals surface area contributed by atoms with Gasteiger partial charge in [-0.25, -0.2) is 0 Å². The van der Waals surface area contributed by atoms with E-state index in [0.29, 0.717) is 12.0 Å². The van der Waals surface area contributed by atoms with Gasteiger partial charge in [-0.15, -0.1) is 0 Å². The summed E-state index contributed by atoms with van der Waals surface area (Å²) in [5, 5.41) is 3.52. The van der Waals surface area contributed by atoms with Gasteiger partial charge in [0.1, 0.15) is 0 Å². The first-order valence-corrected chi connectivity index (χ1v) is 8.03. The van der Waals surface area contributed by atoms with Crippen molar-refractivity contribution in [2.75, 3.05) is 7.05 Å². The summed E-state index contributed by atoms with van der Waals surface area (Å²) < 4.78 is 0. The van der Waals surface area contributed by atoms with E-state index < -0.39 is 0 Å². The van der Waals surface area contributed by atoms with Crippen LogP contribution in [0, 0.1) is 5.92 Å². The van der Waals surface area contributed by atoms with Crippen LogP contribution in [-0.4, -0.2) is 7.05 Å². The summed E-state index contributed by atoms with van der Waals surface area (Å²) in [6.45, 7) is 4.55. The second kappa shape index (κ2) is 6.03. The molecule has 2 atom stereocenters. The smallest absolute Gasteiger partial charge is 0.0390 e. The van der Waals surface area contributed by atoms with Crippen molar-refractivity contribution in [2.45, 2.75) is 38.6 Å². The van der Waals surface area contributed by atoms with Gasteiger partial charge < -0.3 is 5.32 Å². The first-order valence-electron chi connectivity index (χ1n) is 8.03.